The van der Waals surface area contributed by atoms with Gasteiger partial charge in [-0.2, -0.15) is 0 Å². The molecule has 6 heteroatoms. The van der Waals surface area contributed by atoms with Gasteiger partial charge in [0.05, 0.1) is 12.6 Å². The molecule has 0 aliphatic carbocycles. The highest BCUT2D eigenvalue weighted by Crippen LogP contribution is 2.29. The van der Waals surface area contributed by atoms with Gasteiger partial charge in [0, 0.05) is 24.3 Å². The quantitative estimate of drug-likeness (QED) is 0.891. The maximum absolute atomic E-state index is 13.3. The van der Waals surface area contributed by atoms with E-state index in [2.05, 4.69) is 15.1 Å². The second-order valence-corrected chi connectivity index (χ2v) is 4.74. The molecule has 0 amide bonds. The number of fused-ring (bicyclic) bond motifs is 1. The molecule has 0 bridgehead atoms. The Balaban J connectivity index is 1.95. The molecule has 100 valence electrons. The van der Waals surface area contributed by atoms with Gasteiger partial charge in [-0.15, -0.1) is 10.2 Å². The smallest absolute Gasteiger partial charge is 0.152 e. The Bertz CT molecular complexity index is 596. The van der Waals surface area contributed by atoms with Crippen LogP contribution in [0.4, 0.5) is 10.1 Å². The first-order valence-electron chi connectivity index (χ1n) is 6.24. The van der Waals surface area contributed by atoms with E-state index in [1.54, 1.807) is 19.3 Å². The van der Waals surface area contributed by atoms with Gasteiger partial charge in [0.1, 0.15) is 12.1 Å². The lowest BCUT2D eigenvalue weighted by atomic mass is 10.1. The zero-order chi connectivity index (χ0) is 13.4. The van der Waals surface area contributed by atoms with Crippen LogP contribution in [0.5, 0.6) is 0 Å². The van der Waals surface area contributed by atoms with E-state index in [4.69, 9.17) is 0 Å². The minimum atomic E-state index is -0.703. The number of aliphatic hydroxyl groups is 1. The fourth-order valence-electron chi connectivity index (χ4n) is 2.42. The predicted octanol–water partition coefficient (Wildman–Crippen LogP) is 1.49. The highest BCUT2D eigenvalue weighted by Gasteiger charge is 2.21. The second-order valence-electron chi connectivity index (χ2n) is 4.74. The van der Waals surface area contributed by atoms with Crippen molar-refractivity contribution in [2.75, 3.05) is 11.4 Å². The van der Waals surface area contributed by atoms with Gasteiger partial charge in [0.25, 0.3) is 0 Å². The van der Waals surface area contributed by atoms with Crippen molar-refractivity contribution in [1.29, 1.82) is 0 Å². The molecule has 0 radical (unpaired) electrons. The van der Waals surface area contributed by atoms with E-state index in [1.165, 1.54) is 12.1 Å². The molecular formula is C13H15FN4O. The molecule has 1 unspecified atom stereocenters. The molecule has 1 atom stereocenters. The first-order chi connectivity index (χ1) is 9.15. The van der Waals surface area contributed by atoms with Crippen LogP contribution in [0, 0.1) is 5.82 Å². The first kappa shape index (κ1) is 12.1. The van der Waals surface area contributed by atoms with E-state index in [-0.39, 0.29) is 5.82 Å². The van der Waals surface area contributed by atoms with Crippen molar-refractivity contribution >= 4 is 5.69 Å². The van der Waals surface area contributed by atoms with Crippen LogP contribution in [-0.4, -0.2) is 26.4 Å². The molecule has 0 spiro atoms. The number of nitrogens with zero attached hydrogens (tertiary/aromatic N) is 4. The minimum Gasteiger partial charge on any atom is -0.389 e. The summed E-state index contributed by atoms with van der Waals surface area (Å²) in [4.78, 5) is 2.09. The molecular weight excluding hydrogens is 247 g/mol. The van der Waals surface area contributed by atoms with Gasteiger partial charge in [-0.25, -0.2) is 4.39 Å². The van der Waals surface area contributed by atoms with Crippen LogP contribution in [-0.2, 0) is 13.1 Å². The predicted molar refractivity (Wildman–Crippen MR) is 68.1 cm³/mol. The lowest BCUT2D eigenvalue weighted by Gasteiger charge is -2.31. The molecule has 5 nitrogen and oxygen atoms in total. The van der Waals surface area contributed by atoms with E-state index in [0.29, 0.717) is 12.1 Å². The zero-order valence-corrected chi connectivity index (χ0v) is 10.6. The summed E-state index contributed by atoms with van der Waals surface area (Å²) < 4.78 is 15.3. The summed E-state index contributed by atoms with van der Waals surface area (Å²) in [5, 5.41) is 17.7. The second kappa shape index (κ2) is 4.62. The molecule has 1 aliphatic heterocycles. The Morgan fingerprint density at radius 1 is 1.37 bits per heavy atom. The standard InChI is InChI=1S/C13H15FN4O/c1-9(19)11-6-10(14)2-3-12(11)17-4-5-18-8-15-16-13(18)7-17/h2-3,6,8-9,19H,4-5,7H2,1H3. The van der Waals surface area contributed by atoms with Crippen LogP contribution in [0.25, 0.3) is 0 Å². The van der Waals surface area contributed by atoms with E-state index >= 15 is 0 Å². The lowest BCUT2D eigenvalue weighted by molar-refractivity contribution is 0.199. The van der Waals surface area contributed by atoms with Crippen LogP contribution in [0.3, 0.4) is 0 Å². The molecule has 0 saturated carbocycles. The van der Waals surface area contributed by atoms with Crippen molar-refractivity contribution in [2.45, 2.75) is 26.1 Å². The number of halogens is 1. The number of aromatic nitrogens is 3. The molecule has 3 rings (SSSR count). The van der Waals surface area contributed by atoms with Crippen molar-refractivity contribution < 1.29 is 9.50 Å². The van der Waals surface area contributed by atoms with Crippen LogP contribution >= 0.6 is 0 Å². The third-order valence-electron chi connectivity index (χ3n) is 3.42. The van der Waals surface area contributed by atoms with Gasteiger partial charge < -0.3 is 14.6 Å². The Morgan fingerprint density at radius 3 is 3.00 bits per heavy atom. The summed E-state index contributed by atoms with van der Waals surface area (Å²) in [5.41, 5.74) is 1.46. The molecule has 0 saturated heterocycles. The zero-order valence-electron chi connectivity index (χ0n) is 10.6. The maximum Gasteiger partial charge on any atom is 0.152 e. The molecule has 1 N–H and O–H groups in total. The fraction of sp³-hybridized carbons (Fsp3) is 0.385. The van der Waals surface area contributed by atoms with E-state index in [1.807, 2.05) is 4.57 Å². The average Bonchev–Trinajstić information content (AvgIpc) is 2.85. The summed E-state index contributed by atoms with van der Waals surface area (Å²) in [7, 11) is 0. The van der Waals surface area contributed by atoms with Gasteiger partial charge in [-0.1, -0.05) is 0 Å². The third kappa shape index (κ3) is 2.19. The normalized spacial score (nSPS) is 16.3. The van der Waals surface area contributed by atoms with Crippen LogP contribution in [0.1, 0.15) is 24.4 Å². The van der Waals surface area contributed by atoms with E-state index in [0.717, 1.165) is 24.6 Å². The van der Waals surface area contributed by atoms with E-state index in [9.17, 15) is 9.50 Å². The van der Waals surface area contributed by atoms with Gasteiger partial charge in [0.15, 0.2) is 5.82 Å². The summed E-state index contributed by atoms with van der Waals surface area (Å²) >= 11 is 0. The van der Waals surface area contributed by atoms with E-state index < -0.39 is 6.10 Å². The molecule has 1 aliphatic rings. The SMILES string of the molecule is CC(O)c1cc(F)ccc1N1CCn2cnnc2C1. The lowest BCUT2D eigenvalue weighted by Crippen LogP contribution is -2.34. The van der Waals surface area contributed by atoms with Crippen molar-refractivity contribution in [3.05, 3.63) is 41.7 Å². The highest BCUT2D eigenvalue weighted by molar-refractivity contribution is 5.55. The molecule has 1 aromatic carbocycles. The number of anilines is 1. The van der Waals surface area contributed by atoms with Gasteiger partial charge >= 0.3 is 0 Å². The summed E-state index contributed by atoms with van der Waals surface area (Å²) in [6, 6.07) is 4.52. The maximum atomic E-state index is 13.3. The van der Waals surface area contributed by atoms with Gasteiger partial charge in [0.2, 0.25) is 0 Å². The summed E-state index contributed by atoms with van der Waals surface area (Å²) in [6.07, 6.45) is 1.01. The number of benzene rings is 1. The van der Waals surface area contributed by atoms with Crippen molar-refractivity contribution in [2.24, 2.45) is 0 Å². The Morgan fingerprint density at radius 2 is 2.21 bits per heavy atom. The minimum absolute atomic E-state index is 0.333. The summed E-state index contributed by atoms with van der Waals surface area (Å²) in [6.45, 7) is 3.84. The Labute approximate surface area is 110 Å². The van der Waals surface area contributed by atoms with Crippen LogP contribution in [0.2, 0.25) is 0 Å². The average molecular weight is 262 g/mol. The van der Waals surface area contributed by atoms with Crippen molar-refractivity contribution in [1.82, 2.24) is 14.8 Å². The van der Waals surface area contributed by atoms with Crippen molar-refractivity contribution in [3.63, 3.8) is 0 Å². The molecule has 19 heavy (non-hydrogen) atoms. The van der Waals surface area contributed by atoms with Gasteiger partial charge in [-0.05, 0) is 25.1 Å². The molecule has 2 aromatic rings. The van der Waals surface area contributed by atoms with Crippen LogP contribution in [0.15, 0.2) is 24.5 Å². The largest absolute Gasteiger partial charge is 0.389 e. The summed E-state index contributed by atoms with van der Waals surface area (Å²) in [5.74, 6) is 0.548. The Hall–Kier alpha value is -1.95. The monoisotopic (exact) mass is 262 g/mol. The number of hydrogen-bond acceptors (Lipinski definition) is 4. The number of hydrogen-bond donors (Lipinski definition) is 1. The third-order valence-corrected chi connectivity index (χ3v) is 3.42. The molecule has 2 heterocycles. The van der Waals surface area contributed by atoms with Crippen molar-refractivity contribution in [3.8, 4) is 0 Å². The number of aliphatic hydroxyl groups excluding tert-OH is 1. The molecule has 1 aromatic heterocycles. The first-order valence-corrected chi connectivity index (χ1v) is 6.24. The topological polar surface area (TPSA) is 54.2 Å². The van der Waals surface area contributed by atoms with Crippen LogP contribution < -0.4 is 4.90 Å². The highest BCUT2D eigenvalue weighted by atomic mass is 19.1. The van der Waals surface area contributed by atoms with Gasteiger partial charge in [-0.3, -0.25) is 0 Å². The Kier molecular flexibility index (Phi) is 2.94. The number of rotatable bonds is 2. The fourth-order valence-corrected chi connectivity index (χ4v) is 2.42. The molecule has 0 fully saturated rings.